The van der Waals surface area contributed by atoms with E-state index in [1.165, 1.54) is 11.3 Å². The van der Waals surface area contributed by atoms with E-state index < -0.39 is 0 Å². The van der Waals surface area contributed by atoms with Crippen molar-refractivity contribution in [2.24, 2.45) is 5.92 Å². The van der Waals surface area contributed by atoms with Crippen LogP contribution >= 0.6 is 11.3 Å². The highest BCUT2D eigenvalue weighted by Gasteiger charge is 2.31. The third kappa shape index (κ3) is 3.75. The predicted octanol–water partition coefficient (Wildman–Crippen LogP) is 2.53. The molecule has 1 aliphatic carbocycles. The Morgan fingerprint density at radius 3 is 3.00 bits per heavy atom. The molecule has 3 rings (SSSR count). The van der Waals surface area contributed by atoms with Crippen molar-refractivity contribution in [2.75, 3.05) is 6.61 Å². The average Bonchev–Trinajstić information content (AvgIpc) is 3.08. The number of rotatable bonds is 7. The maximum Gasteiger partial charge on any atom is 0.226 e. The van der Waals surface area contributed by atoms with Gasteiger partial charge in [-0.1, -0.05) is 0 Å². The fourth-order valence-corrected chi connectivity index (χ4v) is 3.32. The van der Waals surface area contributed by atoms with E-state index in [0.29, 0.717) is 12.3 Å². The highest BCUT2D eigenvalue weighted by molar-refractivity contribution is 7.13. The SMILES string of the molecule is Cc1ccc(-c2nc(CC(=O)NC(CCO)C3CC3)cs2)o1. The van der Waals surface area contributed by atoms with Crippen LogP contribution in [-0.2, 0) is 11.2 Å². The molecule has 1 atom stereocenters. The number of furan rings is 1. The number of carbonyl (C=O) groups excluding carboxylic acids is 1. The van der Waals surface area contributed by atoms with E-state index in [0.717, 1.165) is 35.1 Å². The van der Waals surface area contributed by atoms with Gasteiger partial charge in [-0.15, -0.1) is 11.3 Å². The fourth-order valence-electron chi connectivity index (χ4n) is 2.54. The first kappa shape index (κ1) is 15.2. The number of thiazole rings is 1. The summed E-state index contributed by atoms with van der Waals surface area (Å²) < 4.78 is 5.54. The molecule has 2 N–H and O–H groups in total. The summed E-state index contributed by atoms with van der Waals surface area (Å²) in [7, 11) is 0. The van der Waals surface area contributed by atoms with Crippen LogP contribution in [0.5, 0.6) is 0 Å². The molecule has 1 aliphatic rings. The maximum absolute atomic E-state index is 12.1. The first-order valence-corrected chi connectivity index (χ1v) is 8.45. The topological polar surface area (TPSA) is 75.4 Å². The van der Waals surface area contributed by atoms with E-state index in [1.54, 1.807) is 0 Å². The molecule has 22 heavy (non-hydrogen) atoms. The van der Waals surface area contributed by atoms with Crippen molar-refractivity contribution in [3.63, 3.8) is 0 Å². The zero-order valence-electron chi connectivity index (χ0n) is 12.5. The van der Waals surface area contributed by atoms with Crippen LogP contribution < -0.4 is 5.32 Å². The van der Waals surface area contributed by atoms with E-state index >= 15 is 0 Å². The Bertz CT molecular complexity index is 645. The highest BCUT2D eigenvalue weighted by Crippen LogP contribution is 2.34. The highest BCUT2D eigenvalue weighted by atomic mass is 32.1. The van der Waals surface area contributed by atoms with Crippen LogP contribution in [0.3, 0.4) is 0 Å². The van der Waals surface area contributed by atoms with Crippen LogP contribution in [0.4, 0.5) is 0 Å². The number of aromatic nitrogens is 1. The van der Waals surface area contributed by atoms with Gasteiger partial charge in [0.2, 0.25) is 5.91 Å². The first-order valence-electron chi connectivity index (χ1n) is 7.57. The number of aliphatic hydroxyl groups is 1. The van der Waals surface area contributed by atoms with E-state index in [4.69, 9.17) is 9.52 Å². The van der Waals surface area contributed by atoms with E-state index in [2.05, 4.69) is 10.3 Å². The third-order valence-corrected chi connectivity index (χ3v) is 4.73. The molecule has 0 bridgehead atoms. The molecule has 0 aromatic carbocycles. The van der Waals surface area contributed by atoms with E-state index in [-0.39, 0.29) is 25.0 Å². The number of carbonyl (C=O) groups is 1. The number of hydrogen-bond donors (Lipinski definition) is 2. The van der Waals surface area contributed by atoms with Crippen molar-refractivity contribution >= 4 is 17.2 Å². The third-order valence-electron chi connectivity index (χ3n) is 3.82. The minimum Gasteiger partial charge on any atom is -0.459 e. The largest absolute Gasteiger partial charge is 0.459 e. The molecule has 2 heterocycles. The van der Waals surface area contributed by atoms with Crippen molar-refractivity contribution in [3.8, 4) is 10.8 Å². The normalized spacial score (nSPS) is 15.7. The van der Waals surface area contributed by atoms with Crippen LogP contribution in [0.2, 0.25) is 0 Å². The predicted molar refractivity (Wildman–Crippen MR) is 84.6 cm³/mol. The molecule has 2 aromatic heterocycles. The number of hydrogen-bond acceptors (Lipinski definition) is 5. The lowest BCUT2D eigenvalue weighted by Crippen LogP contribution is -2.38. The fraction of sp³-hybridized carbons (Fsp3) is 0.500. The van der Waals surface area contributed by atoms with Crippen LogP contribution in [-0.4, -0.2) is 28.6 Å². The Morgan fingerprint density at radius 1 is 1.55 bits per heavy atom. The molecule has 0 radical (unpaired) electrons. The molecule has 0 aliphatic heterocycles. The van der Waals surface area contributed by atoms with Crippen LogP contribution in [0.1, 0.15) is 30.7 Å². The zero-order chi connectivity index (χ0) is 15.5. The lowest BCUT2D eigenvalue weighted by Gasteiger charge is -2.16. The summed E-state index contributed by atoms with van der Waals surface area (Å²) in [5, 5.41) is 14.8. The van der Waals surface area contributed by atoms with Gasteiger partial charge in [0.25, 0.3) is 0 Å². The average molecular weight is 320 g/mol. The molecule has 0 saturated heterocycles. The van der Waals surface area contributed by atoms with Gasteiger partial charge in [-0.3, -0.25) is 4.79 Å². The minimum absolute atomic E-state index is 0.0298. The van der Waals surface area contributed by atoms with Gasteiger partial charge in [0, 0.05) is 18.0 Å². The summed E-state index contributed by atoms with van der Waals surface area (Å²) in [6.45, 7) is 2.00. The quantitative estimate of drug-likeness (QED) is 0.822. The summed E-state index contributed by atoms with van der Waals surface area (Å²) >= 11 is 1.48. The van der Waals surface area contributed by atoms with Crippen molar-refractivity contribution in [1.29, 1.82) is 0 Å². The Kier molecular flexibility index (Phi) is 4.59. The number of aliphatic hydroxyl groups excluding tert-OH is 1. The molecule has 1 unspecified atom stereocenters. The number of aryl methyl sites for hydroxylation is 1. The van der Waals surface area contributed by atoms with Gasteiger partial charge >= 0.3 is 0 Å². The molecule has 5 nitrogen and oxygen atoms in total. The second-order valence-electron chi connectivity index (χ2n) is 5.75. The molecule has 0 spiro atoms. The van der Waals surface area contributed by atoms with Gasteiger partial charge in [0.1, 0.15) is 5.76 Å². The molecule has 2 aromatic rings. The summed E-state index contributed by atoms with van der Waals surface area (Å²) in [6.07, 6.45) is 3.18. The first-order chi connectivity index (χ1) is 10.7. The van der Waals surface area contributed by atoms with Crippen molar-refractivity contribution in [2.45, 2.75) is 38.6 Å². The van der Waals surface area contributed by atoms with Gasteiger partial charge in [-0.25, -0.2) is 4.98 Å². The lowest BCUT2D eigenvalue weighted by atomic mass is 10.1. The maximum atomic E-state index is 12.1. The number of nitrogens with zero attached hydrogens (tertiary/aromatic N) is 1. The molecule has 1 saturated carbocycles. The summed E-state index contributed by atoms with van der Waals surface area (Å²) in [5.74, 6) is 2.09. The standard InChI is InChI=1S/C16H20N2O3S/c1-10-2-5-14(21-10)16-17-12(9-22-16)8-15(20)18-13(6-7-19)11-3-4-11/h2,5,9,11,13,19H,3-4,6-8H2,1H3,(H,18,20). The van der Waals surface area contributed by atoms with Crippen molar-refractivity contribution in [1.82, 2.24) is 10.3 Å². The van der Waals surface area contributed by atoms with Crippen LogP contribution in [0.15, 0.2) is 21.9 Å². The number of nitrogens with one attached hydrogen (secondary N) is 1. The molecule has 6 heteroatoms. The van der Waals surface area contributed by atoms with Crippen LogP contribution in [0.25, 0.3) is 10.8 Å². The summed E-state index contributed by atoms with van der Waals surface area (Å²) in [4.78, 5) is 16.6. The second kappa shape index (κ2) is 6.62. The van der Waals surface area contributed by atoms with Gasteiger partial charge in [-0.05, 0) is 44.2 Å². The minimum atomic E-state index is -0.0298. The van der Waals surface area contributed by atoms with Gasteiger partial charge in [0.05, 0.1) is 12.1 Å². The molecule has 118 valence electrons. The van der Waals surface area contributed by atoms with E-state index in [9.17, 15) is 4.79 Å². The van der Waals surface area contributed by atoms with E-state index in [1.807, 2.05) is 24.4 Å². The zero-order valence-corrected chi connectivity index (χ0v) is 13.4. The Morgan fingerprint density at radius 2 is 2.36 bits per heavy atom. The summed E-state index contributed by atoms with van der Waals surface area (Å²) in [6, 6.07) is 3.89. The lowest BCUT2D eigenvalue weighted by molar-refractivity contribution is -0.121. The summed E-state index contributed by atoms with van der Waals surface area (Å²) in [5.41, 5.74) is 0.755. The Balaban J connectivity index is 1.58. The second-order valence-corrected chi connectivity index (χ2v) is 6.61. The van der Waals surface area contributed by atoms with Gasteiger partial charge < -0.3 is 14.8 Å². The molecule has 1 amide bonds. The molecule has 1 fully saturated rings. The van der Waals surface area contributed by atoms with Crippen LogP contribution in [0, 0.1) is 12.8 Å². The van der Waals surface area contributed by atoms with Gasteiger partial charge in [-0.2, -0.15) is 0 Å². The van der Waals surface area contributed by atoms with Crippen molar-refractivity contribution in [3.05, 3.63) is 29.0 Å². The monoisotopic (exact) mass is 320 g/mol. The molecular weight excluding hydrogens is 300 g/mol. The number of amides is 1. The van der Waals surface area contributed by atoms with Gasteiger partial charge in [0.15, 0.2) is 10.8 Å². The Hall–Kier alpha value is -1.66. The Labute approximate surface area is 133 Å². The molecular formula is C16H20N2O3S. The van der Waals surface area contributed by atoms with Crippen molar-refractivity contribution < 1.29 is 14.3 Å². The smallest absolute Gasteiger partial charge is 0.226 e.